The first kappa shape index (κ1) is 15.3. The van der Waals surface area contributed by atoms with E-state index in [1.165, 1.54) is 6.42 Å². The number of alkyl halides is 1. The summed E-state index contributed by atoms with van der Waals surface area (Å²) in [7, 11) is 1.74. The van der Waals surface area contributed by atoms with Crippen molar-refractivity contribution in [3.63, 3.8) is 0 Å². The highest BCUT2D eigenvalue weighted by atomic mass is 35.5. The summed E-state index contributed by atoms with van der Waals surface area (Å²) in [5, 5.41) is 3.93. The largest absolute Gasteiger partial charge is 0.378 e. The van der Waals surface area contributed by atoms with Crippen LogP contribution >= 0.6 is 11.6 Å². The summed E-state index contributed by atoms with van der Waals surface area (Å²) in [6.45, 7) is 2.98. The Balaban J connectivity index is 1.97. The molecule has 1 saturated carbocycles. The van der Waals surface area contributed by atoms with Crippen LogP contribution in [-0.4, -0.2) is 41.1 Å². The highest BCUT2D eigenvalue weighted by molar-refractivity contribution is 6.27. The minimum Gasteiger partial charge on any atom is -0.378 e. The number of methoxy groups -OCH3 is 1. The summed E-state index contributed by atoms with van der Waals surface area (Å²) in [6.07, 6.45) is 5.74. The second kappa shape index (κ2) is 6.59. The van der Waals surface area contributed by atoms with Crippen molar-refractivity contribution in [2.45, 2.75) is 44.8 Å². The molecule has 0 aromatic carbocycles. The van der Waals surface area contributed by atoms with Crippen LogP contribution in [0.5, 0.6) is 0 Å². The van der Waals surface area contributed by atoms with Crippen LogP contribution < -0.4 is 0 Å². The molecule has 1 aromatic rings. The van der Waals surface area contributed by atoms with Gasteiger partial charge in [-0.15, -0.1) is 11.6 Å². The second-order valence-electron chi connectivity index (χ2n) is 5.38. The lowest BCUT2D eigenvalue weighted by Gasteiger charge is -2.41. The zero-order valence-corrected chi connectivity index (χ0v) is 12.8. The van der Waals surface area contributed by atoms with Gasteiger partial charge in [-0.3, -0.25) is 4.79 Å². The lowest BCUT2D eigenvalue weighted by Crippen LogP contribution is -2.43. The number of hydrogen-bond donors (Lipinski definition) is 0. The maximum atomic E-state index is 12.0. The number of amides is 1. The van der Waals surface area contributed by atoms with Gasteiger partial charge in [0.15, 0.2) is 0 Å². The first-order valence-electron chi connectivity index (χ1n) is 6.89. The molecule has 0 unspecified atom stereocenters. The second-order valence-corrected chi connectivity index (χ2v) is 5.65. The Morgan fingerprint density at radius 1 is 1.60 bits per heavy atom. The average Bonchev–Trinajstić information content (AvgIpc) is 2.81. The highest BCUT2D eigenvalue weighted by Gasteiger charge is 2.37. The Morgan fingerprint density at radius 2 is 2.35 bits per heavy atom. The van der Waals surface area contributed by atoms with Gasteiger partial charge in [0.05, 0.1) is 12.1 Å². The summed E-state index contributed by atoms with van der Waals surface area (Å²) in [6, 6.07) is 0. The molecule has 0 bridgehead atoms. The third kappa shape index (κ3) is 3.33. The van der Waals surface area contributed by atoms with Crippen molar-refractivity contribution in [2.75, 3.05) is 19.5 Å². The number of rotatable bonds is 7. The average molecular weight is 301 g/mol. The molecular formula is C14H21ClN2O3. The van der Waals surface area contributed by atoms with Gasteiger partial charge in [0.1, 0.15) is 17.8 Å². The fraction of sp³-hybridized carbons (Fsp3) is 0.714. The standard InChI is InChI=1S/C14H21ClN2O3/c1-11-10-20-16-12(11)9-17(13(18)8-15)7-6-14(19-2)4-3-5-14/h10H,3-9H2,1-2H3. The van der Waals surface area contributed by atoms with Gasteiger partial charge in [0, 0.05) is 19.2 Å². The molecule has 0 aliphatic heterocycles. The minimum atomic E-state index is -0.0837. The maximum absolute atomic E-state index is 12.0. The summed E-state index contributed by atoms with van der Waals surface area (Å²) < 4.78 is 10.5. The minimum absolute atomic E-state index is 0.0170. The first-order valence-corrected chi connectivity index (χ1v) is 7.42. The van der Waals surface area contributed by atoms with E-state index in [0.29, 0.717) is 13.1 Å². The number of aryl methyl sites for hydroxylation is 1. The molecule has 0 atom stereocenters. The molecule has 0 radical (unpaired) electrons. The van der Waals surface area contributed by atoms with Crippen LogP contribution in [0.2, 0.25) is 0 Å². The lowest BCUT2D eigenvalue weighted by molar-refractivity contribution is -0.131. The van der Waals surface area contributed by atoms with Gasteiger partial charge in [-0.05, 0) is 32.6 Å². The fourth-order valence-electron chi connectivity index (χ4n) is 2.49. The summed E-state index contributed by atoms with van der Waals surface area (Å²) in [4.78, 5) is 13.7. The molecule has 0 saturated heterocycles. The molecule has 1 amide bonds. The van der Waals surface area contributed by atoms with Crippen LogP contribution in [0.3, 0.4) is 0 Å². The van der Waals surface area contributed by atoms with Gasteiger partial charge in [-0.25, -0.2) is 0 Å². The van der Waals surface area contributed by atoms with Crippen molar-refractivity contribution in [3.05, 3.63) is 17.5 Å². The molecule has 20 heavy (non-hydrogen) atoms. The molecule has 2 rings (SSSR count). The maximum Gasteiger partial charge on any atom is 0.237 e. The SMILES string of the molecule is COC1(CCN(Cc2nocc2C)C(=O)CCl)CCC1. The van der Waals surface area contributed by atoms with E-state index in [1.54, 1.807) is 18.3 Å². The Morgan fingerprint density at radius 3 is 2.80 bits per heavy atom. The Kier molecular flexibility index (Phi) is 5.05. The molecule has 112 valence electrons. The number of halogens is 1. The highest BCUT2D eigenvalue weighted by Crippen LogP contribution is 2.38. The normalized spacial score (nSPS) is 16.8. The fourth-order valence-corrected chi connectivity index (χ4v) is 2.65. The molecular weight excluding hydrogens is 280 g/mol. The van der Waals surface area contributed by atoms with Crippen LogP contribution in [-0.2, 0) is 16.1 Å². The third-order valence-corrected chi connectivity index (χ3v) is 4.42. The predicted molar refractivity (Wildman–Crippen MR) is 75.6 cm³/mol. The van der Waals surface area contributed by atoms with Crippen molar-refractivity contribution < 1.29 is 14.1 Å². The van der Waals surface area contributed by atoms with Crippen molar-refractivity contribution in [3.8, 4) is 0 Å². The molecule has 1 aromatic heterocycles. The third-order valence-electron chi connectivity index (χ3n) is 4.19. The zero-order chi connectivity index (χ0) is 14.6. The van der Waals surface area contributed by atoms with Crippen molar-refractivity contribution in [1.29, 1.82) is 0 Å². The van der Waals surface area contributed by atoms with E-state index in [9.17, 15) is 4.79 Å². The Hall–Kier alpha value is -1.07. The molecule has 0 N–H and O–H groups in total. The molecule has 1 aliphatic carbocycles. The van der Waals surface area contributed by atoms with Gasteiger partial charge in [-0.2, -0.15) is 0 Å². The smallest absolute Gasteiger partial charge is 0.237 e. The number of nitrogens with zero attached hydrogens (tertiary/aromatic N) is 2. The molecule has 6 heteroatoms. The van der Waals surface area contributed by atoms with E-state index in [-0.39, 0.29) is 17.4 Å². The monoisotopic (exact) mass is 300 g/mol. The number of aromatic nitrogens is 1. The van der Waals surface area contributed by atoms with E-state index < -0.39 is 0 Å². The molecule has 1 aliphatic rings. The number of carbonyl (C=O) groups is 1. The van der Waals surface area contributed by atoms with Gasteiger partial charge >= 0.3 is 0 Å². The van der Waals surface area contributed by atoms with Gasteiger partial charge in [0.2, 0.25) is 5.91 Å². The van der Waals surface area contributed by atoms with Crippen LogP contribution in [0.15, 0.2) is 10.8 Å². The molecule has 1 fully saturated rings. The van der Waals surface area contributed by atoms with Crippen LogP contribution in [0.4, 0.5) is 0 Å². The topological polar surface area (TPSA) is 55.6 Å². The van der Waals surface area contributed by atoms with Crippen LogP contribution in [0.25, 0.3) is 0 Å². The number of hydrogen-bond acceptors (Lipinski definition) is 4. The quantitative estimate of drug-likeness (QED) is 0.726. The van der Waals surface area contributed by atoms with Crippen molar-refractivity contribution in [2.24, 2.45) is 0 Å². The van der Waals surface area contributed by atoms with Gasteiger partial charge < -0.3 is 14.2 Å². The Labute approximate surface area is 124 Å². The van der Waals surface area contributed by atoms with E-state index >= 15 is 0 Å². The van der Waals surface area contributed by atoms with E-state index in [4.69, 9.17) is 20.9 Å². The van der Waals surface area contributed by atoms with Crippen LogP contribution in [0, 0.1) is 6.92 Å². The summed E-state index contributed by atoms with van der Waals surface area (Å²) in [5.41, 5.74) is 1.68. The lowest BCUT2D eigenvalue weighted by atomic mass is 9.77. The molecule has 1 heterocycles. The molecule has 5 nitrogen and oxygen atoms in total. The Bertz CT molecular complexity index is 452. The number of carbonyl (C=O) groups excluding carboxylic acids is 1. The van der Waals surface area contributed by atoms with E-state index in [0.717, 1.165) is 30.5 Å². The van der Waals surface area contributed by atoms with Crippen LogP contribution in [0.1, 0.15) is 36.9 Å². The van der Waals surface area contributed by atoms with E-state index in [2.05, 4.69) is 5.16 Å². The van der Waals surface area contributed by atoms with Crippen molar-refractivity contribution >= 4 is 17.5 Å². The van der Waals surface area contributed by atoms with Gasteiger partial charge in [0.25, 0.3) is 0 Å². The first-order chi connectivity index (χ1) is 9.60. The van der Waals surface area contributed by atoms with Crippen molar-refractivity contribution in [1.82, 2.24) is 10.1 Å². The zero-order valence-electron chi connectivity index (χ0n) is 12.0. The molecule has 0 spiro atoms. The summed E-state index contributed by atoms with van der Waals surface area (Å²) in [5.74, 6) is -0.101. The predicted octanol–water partition coefficient (Wildman–Crippen LogP) is 2.51. The van der Waals surface area contributed by atoms with E-state index in [1.807, 2.05) is 6.92 Å². The van der Waals surface area contributed by atoms with Gasteiger partial charge in [-0.1, -0.05) is 5.16 Å². The summed E-state index contributed by atoms with van der Waals surface area (Å²) >= 11 is 5.69. The number of ether oxygens (including phenoxy) is 1.